The van der Waals surface area contributed by atoms with E-state index in [1.54, 1.807) is 28.6 Å². The molecule has 1 aliphatic heterocycles. The van der Waals surface area contributed by atoms with E-state index in [0.29, 0.717) is 23.1 Å². The number of thioether (sulfide) groups is 1. The van der Waals surface area contributed by atoms with Crippen LogP contribution < -0.4 is 5.32 Å². The molecule has 4 rings (SSSR count). The van der Waals surface area contributed by atoms with E-state index in [2.05, 4.69) is 35.3 Å². The lowest BCUT2D eigenvalue weighted by Gasteiger charge is -2.40. The fourth-order valence-electron chi connectivity index (χ4n) is 3.85. The second kappa shape index (κ2) is 6.16. The van der Waals surface area contributed by atoms with Crippen molar-refractivity contribution in [2.45, 2.75) is 38.4 Å². The highest BCUT2D eigenvalue weighted by molar-refractivity contribution is 7.99. The van der Waals surface area contributed by atoms with Crippen LogP contribution in [-0.2, 0) is 4.79 Å². The third kappa shape index (κ3) is 2.80. The second-order valence-corrected chi connectivity index (χ2v) is 8.66. The maximum absolute atomic E-state index is 13.1. The molecule has 2 N–H and O–H groups in total. The van der Waals surface area contributed by atoms with Crippen LogP contribution in [0.15, 0.2) is 41.2 Å². The molecule has 0 fully saturated rings. The number of hydrogen-bond acceptors (Lipinski definition) is 6. The molecule has 2 aromatic rings. The summed E-state index contributed by atoms with van der Waals surface area (Å²) in [5.74, 6) is 1.40. The molecule has 0 radical (unpaired) electrons. The van der Waals surface area contributed by atoms with E-state index in [4.69, 9.17) is 0 Å². The summed E-state index contributed by atoms with van der Waals surface area (Å²) >= 11 is 1.55. The average molecular weight is 370 g/mol. The van der Waals surface area contributed by atoms with Crippen molar-refractivity contribution < 1.29 is 9.90 Å². The summed E-state index contributed by atoms with van der Waals surface area (Å²) in [6, 6.07) is 6.75. The number of anilines is 1. The quantitative estimate of drug-likeness (QED) is 0.804. The van der Waals surface area contributed by atoms with Crippen LogP contribution >= 0.6 is 11.8 Å². The van der Waals surface area contributed by atoms with Gasteiger partial charge in [-0.2, -0.15) is 4.98 Å². The van der Waals surface area contributed by atoms with Crippen LogP contribution in [0.4, 0.5) is 5.95 Å². The lowest BCUT2D eigenvalue weighted by Crippen LogP contribution is -2.42. The molecular weight excluding hydrogens is 348 g/mol. The van der Waals surface area contributed by atoms with Crippen molar-refractivity contribution >= 4 is 23.5 Å². The highest BCUT2D eigenvalue weighted by Crippen LogP contribution is 2.47. The zero-order chi connectivity index (χ0) is 18.5. The Labute approximate surface area is 156 Å². The fourth-order valence-corrected chi connectivity index (χ4v) is 4.40. The summed E-state index contributed by atoms with van der Waals surface area (Å²) in [5.41, 5.74) is 1.34. The summed E-state index contributed by atoms with van der Waals surface area (Å²) in [6.07, 6.45) is 2.59. The number of nitrogens with one attached hydrogen (secondary N) is 1. The first-order chi connectivity index (χ1) is 12.4. The first-order valence-corrected chi connectivity index (χ1v) is 9.78. The van der Waals surface area contributed by atoms with E-state index >= 15 is 0 Å². The standard InChI is InChI=1S/C19H22N4O2S/c1-4-26-18-21-17-20-12-9-19(2,3)10-14(25)15(12)16(23(17)22-18)11-7-5-6-8-13(11)24/h5-9,15-16,24H,4,10H2,1-3H3,(H,20,21,22)/t15-,16-/m0/s1. The summed E-state index contributed by atoms with van der Waals surface area (Å²) in [5, 5.41) is 19.1. The number of hydrogen-bond donors (Lipinski definition) is 2. The van der Waals surface area contributed by atoms with E-state index in [9.17, 15) is 9.90 Å². The van der Waals surface area contributed by atoms with Gasteiger partial charge in [-0.3, -0.25) is 4.79 Å². The first-order valence-electron chi connectivity index (χ1n) is 8.79. The van der Waals surface area contributed by atoms with Gasteiger partial charge in [-0.25, -0.2) is 4.68 Å². The number of aromatic nitrogens is 3. The van der Waals surface area contributed by atoms with Gasteiger partial charge in [0.25, 0.3) is 0 Å². The van der Waals surface area contributed by atoms with E-state index in [1.165, 1.54) is 0 Å². The topological polar surface area (TPSA) is 80.0 Å². The summed E-state index contributed by atoms with van der Waals surface area (Å²) in [7, 11) is 0. The number of nitrogens with zero attached hydrogens (tertiary/aromatic N) is 3. The molecule has 2 aliphatic rings. The van der Waals surface area contributed by atoms with Crippen molar-refractivity contribution in [3.63, 3.8) is 0 Å². The maximum Gasteiger partial charge on any atom is 0.227 e. The van der Waals surface area contributed by atoms with Gasteiger partial charge in [0.1, 0.15) is 11.5 Å². The van der Waals surface area contributed by atoms with Crippen LogP contribution in [0.25, 0.3) is 0 Å². The molecule has 0 unspecified atom stereocenters. The van der Waals surface area contributed by atoms with Crippen LogP contribution in [-0.4, -0.2) is 31.4 Å². The Morgan fingerprint density at radius 3 is 2.88 bits per heavy atom. The van der Waals surface area contributed by atoms with Crippen molar-refractivity contribution in [3.8, 4) is 5.75 Å². The molecule has 1 aromatic carbocycles. The highest BCUT2D eigenvalue weighted by Gasteiger charge is 2.45. The predicted octanol–water partition coefficient (Wildman–Crippen LogP) is 3.61. The molecule has 7 heteroatoms. The Morgan fingerprint density at radius 1 is 1.38 bits per heavy atom. The van der Waals surface area contributed by atoms with Crippen molar-refractivity contribution in [2.24, 2.45) is 11.3 Å². The number of Topliss-reactive ketones (excluding diaryl/α,β-unsaturated/α-hetero) is 1. The van der Waals surface area contributed by atoms with Crippen LogP contribution in [0.1, 0.15) is 38.8 Å². The van der Waals surface area contributed by atoms with E-state index < -0.39 is 12.0 Å². The Morgan fingerprint density at radius 2 is 2.15 bits per heavy atom. The van der Waals surface area contributed by atoms with Crippen LogP contribution in [0.3, 0.4) is 0 Å². The minimum Gasteiger partial charge on any atom is -0.508 e. The number of carbonyl (C=O) groups is 1. The van der Waals surface area contributed by atoms with E-state index in [-0.39, 0.29) is 16.9 Å². The molecule has 26 heavy (non-hydrogen) atoms. The Hall–Kier alpha value is -2.28. The number of rotatable bonds is 3. The van der Waals surface area contributed by atoms with Gasteiger partial charge in [0.2, 0.25) is 11.1 Å². The molecule has 0 saturated carbocycles. The SMILES string of the molecule is CCSc1nc2n(n1)[C@@H](c1ccccc1O)[C@@H]1C(=O)CC(C)(C)C=C1N2. The van der Waals surface area contributed by atoms with E-state index in [0.717, 1.165) is 11.4 Å². The summed E-state index contributed by atoms with van der Waals surface area (Å²) < 4.78 is 1.76. The monoisotopic (exact) mass is 370 g/mol. The average Bonchev–Trinajstić information content (AvgIpc) is 2.95. The zero-order valence-corrected chi connectivity index (χ0v) is 15.9. The molecular formula is C19H22N4O2S. The smallest absolute Gasteiger partial charge is 0.227 e. The zero-order valence-electron chi connectivity index (χ0n) is 15.1. The van der Waals surface area contributed by atoms with Gasteiger partial charge in [-0.1, -0.05) is 56.8 Å². The maximum atomic E-state index is 13.1. The van der Waals surface area contributed by atoms with Gasteiger partial charge in [0, 0.05) is 17.7 Å². The predicted molar refractivity (Wildman–Crippen MR) is 101 cm³/mol. The molecule has 1 aliphatic carbocycles. The number of allylic oxidation sites excluding steroid dienone is 2. The fraction of sp³-hybridized carbons (Fsp3) is 0.421. The van der Waals surface area contributed by atoms with Gasteiger partial charge in [-0.15, -0.1) is 5.10 Å². The first kappa shape index (κ1) is 17.1. The number of aromatic hydroxyl groups is 1. The lowest BCUT2D eigenvalue weighted by molar-refractivity contribution is -0.125. The number of benzene rings is 1. The van der Waals surface area contributed by atoms with Crippen LogP contribution in [0.2, 0.25) is 0 Å². The number of para-hydroxylation sites is 1. The van der Waals surface area contributed by atoms with Crippen molar-refractivity contribution in [1.82, 2.24) is 14.8 Å². The molecule has 136 valence electrons. The van der Waals surface area contributed by atoms with Gasteiger partial charge in [-0.05, 0) is 17.2 Å². The molecule has 0 amide bonds. The normalized spacial score (nSPS) is 23.7. The number of phenols is 1. The minimum absolute atomic E-state index is 0.152. The molecule has 0 spiro atoms. The van der Waals surface area contributed by atoms with Gasteiger partial charge in [0.15, 0.2) is 0 Å². The van der Waals surface area contributed by atoms with Crippen molar-refractivity contribution in [1.29, 1.82) is 0 Å². The number of ketones is 1. The Balaban J connectivity index is 1.91. The lowest BCUT2D eigenvalue weighted by atomic mass is 9.72. The second-order valence-electron chi connectivity index (χ2n) is 7.43. The third-order valence-corrected chi connectivity index (χ3v) is 5.55. The minimum atomic E-state index is -0.402. The number of carbonyl (C=O) groups excluding carboxylic acids is 1. The number of fused-ring (bicyclic) bond motifs is 2. The Bertz CT molecular complexity index is 903. The van der Waals surface area contributed by atoms with Gasteiger partial charge < -0.3 is 10.4 Å². The van der Waals surface area contributed by atoms with Crippen LogP contribution in [0.5, 0.6) is 5.75 Å². The number of phenolic OH excluding ortho intramolecular Hbond substituents is 1. The highest BCUT2D eigenvalue weighted by atomic mass is 32.2. The molecule has 0 bridgehead atoms. The molecule has 6 nitrogen and oxygen atoms in total. The van der Waals surface area contributed by atoms with Gasteiger partial charge in [0.05, 0.1) is 12.0 Å². The van der Waals surface area contributed by atoms with Crippen molar-refractivity contribution in [2.75, 3.05) is 11.1 Å². The molecule has 0 saturated heterocycles. The Kier molecular flexibility index (Phi) is 4.06. The van der Waals surface area contributed by atoms with Crippen molar-refractivity contribution in [3.05, 3.63) is 41.6 Å². The summed E-state index contributed by atoms with van der Waals surface area (Å²) in [6.45, 7) is 6.16. The van der Waals surface area contributed by atoms with E-state index in [1.807, 2.05) is 19.1 Å². The molecule has 1 aromatic heterocycles. The van der Waals surface area contributed by atoms with Crippen LogP contribution in [0, 0.1) is 11.3 Å². The largest absolute Gasteiger partial charge is 0.508 e. The molecule has 2 atom stereocenters. The van der Waals surface area contributed by atoms with Gasteiger partial charge >= 0.3 is 0 Å². The molecule has 2 heterocycles. The third-order valence-electron chi connectivity index (χ3n) is 4.83. The summed E-state index contributed by atoms with van der Waals surface area (Å²) in [4.78, 5) is 17.6.